The first-order chi connectivity index (χ1) is 5.59. The number of allylic oxidation sites excluding steroid dienone is 1. The number of carboxylic acid groups (broad SMARTS) is 1. The van der Waals surface area contributed by atoms with Gasteiger partial charge >= 0.3 is 0 Å². The van der Waals surface area contributed by atoms with Crippen molar-refractivity contribution in [1.82, 2.24) is 0 Å². The second-order valence-electron chi connectivity index (χ2n) is 3.15. The molecule has 0 radical (unpaired) electrons. The molecule has 0 rings (SSSR count). The van der Waals surface area contributed by atoms with Crippen molar-refractivity contribution in [3.63, 3.8) is 0 Å². The zero-order chi connectivity index (χ0) is 9.56. The van der Waals surface area contributed by atoms with Gasteiger partial charge in [-0.15, -0.1) is 0 Å². The van der Waals surface area contributed by atoms with Crippen LogP contribution in [-0.4, -0.2) is 5.97 Å². The van der Waals surface area contributed by atoms with Gasteiger partial charge < -0.3 is 9.90 Å². The fourth-order valence-electron chi connectivity index (χ4n) is 1.00. The van der Waals surface area contributed by atoms with Gasteiger partial charge in [0.25, 0.3) is 0 Å². The van der Waals surface area contributed by atoms with E-state index in [-0.39, 0.29) is 0 Å². The average Bonchev–Trinajstić information content (AvgIpc) is 2.03. The van der Waals surface area contributed by atoms with Crippen molar-refractivity contribution in [3.8, 4) is 0 Å². The molecule has 12 heavy (non-hydrogen) atoms. The van der Waals surface area contributed by atoms with E-state index in [9.17, 15) is 9.90 Å². The minimum Gasteiger partial charge on any atom is -0.545 e. The van der Waals surface area contributed by atoms with E-state index in [1.807, 2.05) is 6.92 Å². The lowest BCUT2D eigenvalue weighted by Crippen LogP contribution is -2.23. The first-order valence-corrected chi connectivity index (χ1v) is 4.47. The van der Waals surface area contributed by atoms with Gasteiger partial charge in [0.1, 0.15) is 0 Å². The van der Waals surface area contributed by atoms with Crippen LogP contribution in [0.2, 0.25) is 0 Å². The molecule has 0 aliphatic carbocycles. The van der Waals surface area contributed by atoms with E-state index in [0.717, 1.165) is 31.3 Å². The Labute approximate surface area is 74.3 Å². The van der Waals surface area contributed by atoms with Crippen molar-refractivity contribution < 1.29 is 9.90 Å². The lowest BCUT2D eigenvalue weighted by Gasteiger charge is -2.07. The molecule has 0 N–H and O–H groups in total. The maximum atomic E-state index is 10.4. The molecule has 0 aliphatic heterocycles. The Hall–Kier alpha value is -0.790. The highest BCUT2D eigenvalue weighted by Crippen LogP contribution is 2.11. The van der Waals surface area contributed by atoms with E-state index >= 15 is 0 Å². The van der Waals surface area contributed by atoms with Crippen molar-refractivity contribution in [3.05, 3.63) is 11.1 Å². The lowest BCUT2D eigenvalue weighted by molar-refractivity contribution is -0.299. The Morgan fingerprint density at radius 2 is 1.83 bits per heavy atom. The van der Waals surface area contributed by atoms with Gasteiger partial charge in [-0.25, -0.2) is 0 Å². The van der Waals surface area contributed by atoms with E-state index < -0.39 is 5.97 Å². The summed E-state index contributed by atoms with van der Waals surface area (Å²) in [4.78, 5) is 10.4. The Morgan fingerprint density at radius 3 is 2.25 bits per heavy atom. The Kier molecular flexibility index (Phi) is 5.43. The zero-order valence-electron chi connectivity index (χ0n) is 8.14. The standard InChI is InChI=1S/C10H18O2/c1-4-5-6-7-8(2)9(3)10(11)12/h4-7H2,1-3H3,(H,11,12)/p-1/b9-8+. The van der Waals surface area contributed by atoms with Crippen LogP contribution in [0.5, 0.6) is 0 Å². The molecule has 0 saturated heterocycles. The van der Waals surface area contributed by atoms with Gasteiger partial charge in [-0.2, -0.15) is 0 Å². The first kappa shape index (κ1) is 11.2. The third kappa shape index (κ3) is 4.16. The maximum absolute atomic E-state index is 10.4. The molecule has 0 aromatic heterocycles. The molecule has 0 fully saturated rings. The van der Waals surface area contributed by atoms with E-state index in [1.165, 1.54) is 0 Å². The van der Waals surface area contributed by atoms with Gasteiger partial charge in [-0.3, -0.25) is 0 Å². The number of rotatable bonds is 5. The first-order valence-electron chi connectivity index (χ1n) is 4.47. The molecule has 0 aliphatic rings. The molecule has 0 saturated carbocycles. The molecular formula is C10H17O2-. The molecule has 0 bridgehead atoms. The van der Waals surface area contributed by atoms with Gasteiger partial charge in [0.05, 0.1) is 5.97 Å². The average molecular weight is 169 g/mol. The summed E-state index contributed by atoms with van der Waals surface area (Å²) in [5, 5.41) is 10.4. The number of hydrogen-bond donors (Lipinski definition) is 0. The summed E-state index contributed by atoms with van der Waals surface area (Å²) >= 11 is 0. The summed E-state index contributed by atoms with van der Waals surface area (Å²) in [6.07, 6.45) is 4.29. The Bertz CT molecular complexity index is 180. The number of carboxylic acids is 1. The van der Waals surface area contributed by atoms with E-state index in [2.05, 4.69) is 6.92 Å². The van der Waals surface area contributed by atoms with Crippen molar-refractivity contribution >= 4 is 5.97 Å². The second-order valence-corrected chi connectivity index (χ2v) is 3.15. The van der Waals surface area contributed by atoms with Crippen LogP contribution in [0.25, 0.3) is 0 Å². The normalized spacial score (nSPS) is 12.6. The molecule has 0 aromatic rings. The fourth-order valence-corrected chi connectivity index (χ4v) is 1.00. The second kappa shape index (κ2) is 5.81. The molecule has 0 heterocycles. The Balaban J connectivity index is 3.91. The molecule has 0 amide bonds. The summed E-state index contributed by atoms with van der Waals surface area (Å²) in [6.45, 7) is 5.60. The van der Waals surface area contributed by atoms with Crippen LogP contribution in [0.1, 0.15) is 46.5 Å². The van der Waals surface area contributed by atoms with Crippen LogP contribution >= 0.6 is 0 Å². The summed E-state index contributed by atoms with van der Waals surface area (Å²) in [7, 11) is 0. The highest BCUT2D eigenvalue weighted by Gasteiger charge is 1.97. The van der Waals surface area contributed by atoms with Crippen molar-refractivity contribution in [2.75, 3.05) is 0 Å². The topological polar surface area (TPSA) is 40.1 Å². The highest BCUT2D eigenvalue weighted by atomic mass is 16.4. The summed E-state index contributed by atoms with van der Waals surface area (Å²) in [6, 6.07) is 0. The van der Waals surface area contributed by atoms with Crippen LogP contribution in [0.4, 0.5) is 0 Å². The van der Waals surface area contributed by atoms with E-state index in [1.54, 1.807) is 6.92 Å². The van der Waals surface area contributed by atoms with Gasteiger partial charge in [0, 0.05) is 0 Å². The number of carbonyl (C=O) groups excluding carboxylic acids is 1. The predicted molar refractivity (Wildman–Crippen MR) is 47.5 cm³/mol. The summed E-state index contributed by atoms with van der Waals surface area (Å²) < 4.78 is 0. The monoisotopic (exact) mass is 169 g/mol. The van der Waals surface area contributed by atoms with E-state index in [4.69, 9.17) is 0 Å². The maximum Gasteiger partial charge on any atom is 0.0671 e. The van der Waals surface area contributed by atoms with E-state index in [0.29, 0.717) is 5.57 Å². The minimum atomic E-state index is -1.04. The SMILES string of the molecule is CCCCC/C(C)=C(\C)C(=O)[O-]. The molecule has 2 nitrogen and oxygen atoms in total. The molecule has 0 spiro atoms. The van der Waals surface area contributed by atoms with Gasteiger partial charge in [-0.1, -0.05) is 25.3 Å². The van der Waals surface area contributed by atoms with Crippen molar-refractivity contribution in [1.29, 1.82) is 0 Å². The molecule has 70 valence electrons. The largest absolute Gasteiger partial charge is 0.545 e. The smallest absolute Gasteiger partial charge is 0.0671 e. The summed E-state index contributed by atoms with van der Waals surface area (Å²) in [5.74, 6) is -1.04. The van der Waals surface area contributed by atoms with Crippen LogP contribution in [0.3, 0.4) is 0 Å². The van der Waals surface area contributed by atoms with Crippen LogP contribution in [-0.2, 0) is 4.79 Å². The molecule has 0 aromatic carbocycles. The van der Waals surface area contributed by atoms with Crippen LogP contribution < -0.4 is 5.11 Å². The van der Waals surface area contributed by atoms with Crippen molar-refractivity contribution in [2.24, 2.45) is 0 Å². The fraction of sp³-hybridized carbons (Fsp3) is 0.700. The highest BCUT2D eigenvalue weighted by molar-refractivity contribution is 5.84. The minimum absolute atomic E-state index is 0.395. The van der Waals surface area contributed by atoms with Crippen LogP contribution in [0.15, 0.2) is 11.1 Å². The Morgan fingerprint density at radius 1 is 1.25 bits per heavy atom. The molecular weight excluding hydrogens is 152 g/mol. The van der Waals surface area contributed by atoms with Crippen molar-refractivity contribution in [2.45, 2.75) is 46.5 Å². The lowest BCUT2D eigenvalue weighted by atomic mass is 10.0. The number of unbranched alkanes of at least 4 members (excludes halogenated alkanes) is 2. The van der Waals surface area contributed by atoms with Gasteiger partial charge in [0.2, 0.25) is 0 Å². The molecule has 0 unspecified atom stereocenters. The third-order valence-corrected chi connectivity index (χ3v) is 2.10. The van der Waals surface area contributed by atoms with Gasteiger partial charge in [-0.05, 0) is 32.3 Å². The zero-order valence-corrected chi connectivity index (χ0v) is 8.14. The molecule has 0 atom stereocenters. The number of aliphatic carboxylic acids is 1. The quantitative estimate of drug-likeness (QED) is 0.464. The van der Waals surface area contributed by atoms with Gasteiger partial charge in [0.15, 0.2) is 0 Å². The third-order valence-electron chi connectivity index (χ3n) is 2.10. The summed E-state index contributed by atoms with van der Waals surface area (Å²) in [5.41, 5.74) is 1.34. The number of hydrogen-bond acceptors (Lipinski definition) is 2. The number of carbonyl (C=O) groups is 1. The van der Waals surface area contributed by atoms with Crippen LogP contribution in [0, 0.1) is 0 Å². The molecule has 2 heteroatoms. The predicted octanol–water partition coefficient (Wildman–Crippen LogP) is 1.65.